The minimum absolute atomic E-state index is 0.00896. The molecule has 1 aliphatic carbocycles. The van der Waals surface area contributed by atoms with E-state index in [1.54, 1.807) is 13.2 Å². The number of ether oxygens (including phenoxy) is 1. The average molecular weight is 261 g/mol. The SMILES string of the molecule is COc1cccc(C(=O)NCCCC2CCCC2)c1. The highest BCUT2D eigenvalue weighted by atomic mass is 16.5. The fourth-order valence-corrected chi connectivity index (χ4v) is 2.76. The van der Waals surface area contributed by atoms with Crippen LogP contribution in [0.3, 0.4) is 0 Å². The Balaban J connectivity index is 1.71. The summed E-state index contributed by atoms with van der Waals surface area (Å²) in [7, 11) is 1.61. The predicted molar refractivity (Wildman–Crippen MR) is 76.5 cm³/mol. The van der Waals surface area contributed by atoms with Gasteiger partial charge in [-0.15, -0.1) is 0 Å². The lowest BCUT2D eigenvalue weighted by Crippen LogP contribution is -2.24. The van der Waals surface area contributed by atoms with Crippen molar-refractivity contribution in [1.82, 2.24) is 5.32 Å². The Bertz CT molecular complexity index is 411. The molecule has 3 nitrogen and oxygen atoms in total. The van der Waals surface area contributed by atoms with Crippen molar-refractivity contribution in [1.29, 1.82) is 0 Å². The van der Waals surface area contributed by atoms with E-state index in [0.29, 0.717) is 5.56 Å². The fraction of sp³-hybridized carbons (Fsp3) is 0.562. The van der Waals surface area contributed by atoms with Crippen LogP contribution >= 0.6 is 0 Å². The zero-order chi connectivity index (χ0) is 13.5. The third kappa shape index (κ3) is 4.27. The smallest absolute Gasteiger partial charge is 0.251 e. The van der Waals surface area contributed by atoms with Crippen molar-refractivity contribution in [3.63, 3.8) is 0 Å². The van der Waals surface area contributed by atoms with Gasteiger partial charge in [0.1, 0.15) is 5.75 Å². The van der Waals surface area contributed by atoms with E-state index in [9.17, 15) is 4.79 Å². The Morgan fingerprint density at radius 1 is 1.37 bits per heavy atom. The second-order valence-corrected chi connectivity index (χ2v) is 5.28. The first-order chi connectivity index (χ1) is 9.29. The summed E-state index contributed by atoms with van der Waals surface area (Å²) < 4.78 is 5.12. The van der Waals surface area contributed by atoms with E-state index in [1.807, 2.05) is 18.2 Å². The third-order valence-corrected chi connectivity index (χ3v) is 3.88. The van der Waals surface area contributed by atoms with Crippen molar-refractivity contribution in [2.45, 2.75) is 38.5 Å². The van der Waals surface area contributed by atoms with Gasteiger partial charge >= 0.3 is 0 Å². The summed E-state index contributed by atoms with van der Waals surface area (Å²) in [4.78, 5) is 11.9. The second-order valence-electron chi connectivity index (χ2n) is 5.28. The lowest BCUT2D eigenvalue weighted by atomic mass is 10.0. The van der Waals surface area contributed by atoms with E-state index in [2.05, 4.69) is 5.32 Å². The average Bonchev–Trinajstić information content (AvgIpc) is 2.96. The number of carbonyl (C=O) groups excluding carboxylic acids is 1. The Morgan fingerprint density at radius 3 is 2.89 bits per heavy atom. The number of hydrogen-bond donors (Lipinski definition) is 1. The molecule has 104 valence electrons. The molecule has 19 heavy (non-hydrogen) atoms. The van der Waals surface area contributed by atoms with Gasteiger partial charge in [0.2, 0.25) is 0 Å². The molecule has 2 rings (SSSR count). The topological polar surface area (TPSA) is 38.3 Å². The van der Waals surface area contributed by atoms with Crippen LogP contribution in [0.5, 0.6) is 5.75 Å². The molecular formula is C16H23NO2. The van der Waals surface area contributed by atoms with Gasteiger partial charge in [0.15, 0.2) is 0 Å². The lowest BCUT2D eigenvalue weighted by Gasteiger charge is -2.09. The van der Waals surface area contributed by atoms with Crippen LogP contribution in [0.2, 0.25) is 0 Å². The zero-order valence-corrected chi connectivity index (χ0v) is 11.7. The zero-order valence-electron chi connectivity index (χ0n) is 11.7. The molecule has 0 spiro atoms. The Morgan fingerprint density at radius 2 is 2.16 bits per heavy atom. The van der Waals surface area contributed by atoms with Gasteiger partial charge < -0.3 is 10.1 Å². The van der Waals surface area contributed by atoms with Gasteiger partial charge in [0.25, 0.3) is 5.91 Å². The predicted octanol–water partition coefficient (Wildman–Crippen LogP) is 3.40. The van der Waals surface area contributed by atoms with E-state index in [-0.39, 0.29) is 5.91 Å². The third-order valence-electron chi connectivity index (χ3n) is 3.88. The molecule has 0 heterocycles. The molecular weight excluding hydrogens is 238 g/mol. The van der Waals surface area contributed by atoms with Crippen LogP contribution in [0.25, 0.3) is 0 Å². The molecule has 1 aromatic rings. The first-order valence-corrected chi connectivity index (χ1v) is 7.22. The molecule has 1 fully saturated rings. The van der Waals surface area contributed by atoms with Gasteiger partial charge in [-0.05, 0) is 37.0 Å². The second kappa shape index (κ2) is 7.17. The minimum Gasteiger partial charge on any atom is -0.497 e. The molecule has 3 heteroatoms. The summed E-state index contributed by atoms with van der Waals surface area (Å²) in [6.45, 7) is 0.770. The van der Waals surface area contributed by atoms with E-state index in [0.717, 1.165) is 24.6 Å². The number of rotatable bonds is 6. The van der Waals surface area contributed by atoms with Gasteiger partial charge in [-0.2, -0.15) is 0 Å². The van der Waals surface area contributed by atoms with Crippen molar-refractivity contribution in [2.24, 2.45) is 5.92 Å². The van der Waals surface area contributed by atoms with E-state index in [1.165, 1.54) is 32.1 Å². The van der Waals surface area contributed by atoms with Crippen LogP contribution in [0, 0.1) is 5.92 Å². The highest BCUT2D eigenvalue weighted by molar-refractivity contribution is 5.94. The van der Waals surface area contributed by atoms with Crippen LogP contribution in [-0.2, 0) is 0 Å². The van der Waals surface area contributed by atoms with Crippen molar-refractivity contribution in [3.8, 4) is 5.75 Å². The van der Waals surface area contributed by atoms with Crippen LogP contribution in [0.1, 0.15) is 48.9 Å². The van der Waals surface area contributed by atoms with Crippen molar-refractivity contribution >= 4 is 5.91 Å². The molecule has 0 atom stereocenters. The highest BCUT2D eigenvalue weighted by Gasteiger charge is 2.14. The first kappa shape index (κ1) is 13.9. The van der Waals surface area contributed by atoms with E-state index >= 15 is 0 Å². The molecule has 0 saturated heterocycles. The van der Waals surface area contributed by atoms with Crippen molar-refractivity contribution < 1.29 is 9.53 Å². The summed E-state index contributed by atoms with van der Waals surface area (Å²) in [5.41, 5.74) is 0.667. The molecule has 1 amide bonds. The van der Waals surface area contributed by atoms with Gasteiger partial charge in [-0.25, -0.2) is 0 Å². The Hall–Kier alpha value is -1.51. The van der Waals surface area contributed by atoms with Crippen molar-refractivity contribution in [3.05, 3.63) is 29.8 Å². The minimum atomic E-state index is -0.00896. The first-order valence-electron chi connectivity index (χ1n) is 7.22. The molecule has 1 aromatic carbocycles. The van der Waals surface area contributed by atoms with Crippen LogP contribution in [0.4, 0.5) is 0 Å². The molecule has 1 saturated carbocycles. The standard InChI is InChI=1S/C16H23NO2/c1-19-15-10-4-9-14(12-15)16(18)17-11-5-8-13-6-2-3-7-13/h4,9-10,12-13H,2-3,5-8,11H2,1H3,(H,17,18). The van der Waals surface area contributed by atoms with Crippen LogP contribution in [0.15, 0.2) is 24.3 Å². The molecule has 0 unspecified atom stereocenters. The number of methoxy groups -OCH3 is 1. The molecule has 0 bridgehead atoms. The molecule has 0 aromatic heterocycles. The number of nitrogens with one attached hydrogen (secondary N) is 1. The highest BCUT2D eigenvalue weighted by Crippen LogP contribution is 2.28. The van der Waals surface area contributed by atoms with Crippen LogP contribution in [-0.4, -0.2) is 19.6 Å². The molecule has 0 aliphatic heterocycles. The van der Waals surface area contributed by atoms with Gasteiger partial charge in [0.05, 0.1) is 7.11 Å². The van der Waals surface area contributed by atoms with Gasteiger partial charge in [-0.3, -0.25) is 4.79 Å². The summed E-state index contributed by atoms with van der Waals surface area (Å²) >= 11 is 0. The van der Waals surface area contributed by atoms with Crippen LogP contribution < -0.4 is 10.1 Å². The van der Waals surface area contributed by atoms with Crippen molar-refractivity contribution in [2.75, 3.05) is 13.7 Å². The molecule has 1 N–H and O–H groups in total. The molecule has 0 radical (unpaired) electrons. The maximum atomic E-state index is 11.9. The lowest BCUT2D eigenvalue weighted by molar-refractivity contribution is 0.0952. The maximum Gasteiger partial charge on any atom is 0.251 e. The largest absolute Gasteiger partial charge is 0.497 e. The summed E-state index contributed by atoms with van der Waals surface area (Å²) in [6, 6.07) is 7.27. The van der Waals surface area contributed by atoms with E-state index < -0.39 is 0 Å². The number of hydrogen-bond acceptors (Lipinski definition) is 2. The maximum absolute atomic E-state index is 11.9. The Labute approximate surface area is 115 Å². The molecule has 1 aliphatic rings. The monoisotopic (exact) mass is 261 g/mol. The summed E-state index contributed by atoms with van der Waals surface area (Å²) in [6.07, 6.45) is 7.87. The normalized spacial score (nSPS) is 15.4. The number of benzene rings is 1. The summed E-state index contributed by atoms with van der Waals surface area (Å²) in [5, 5.41) is 2.98. The number of amides is 1. The fourth-order valence-electron chi connectivity index (χ4n) is 2.76. The number of carbonyl (C=O) groups is 1. The van der Waals surface area contributed by atoms with Gasteiger partial charge in [-0.1, -0.05) is 31.7 Å². The quantitative estimate of drug-likeness (QED) is 0.797. The van der Waals surface area contributed by atoms with E-state index in [4.69, 9.17) is 4.74 Å². The summed E-state index contributed by atoms with van der Waals surface area (Å²) in [5.74, 6) is 1.61. The van der Waals surface area contributed by atoms with Gasteiger partial charge in [0, 0.05) is 12.1 Å². The Kier molecular flexibility index (Phi) is 5.25.